The molecule has 1 aliphatic carbocycles. The summed E-state index contributed by atoms with van der Waals surface area (Å²) in [6.45, 7) is 8.59. The molecular weight excluding hydrogens is 182 g/mol. The predicted molar refractivity (Wildman–Crippen MR) is 65.9 cm³/mol. The minimum absolute atomic E-state index is 0.618. The standard InChI is InChI=1S/C14H27N/c1-11(2)14(3)8-7-13-12(10-14)6-4-5-9-15-13/h11-13,15H,4-10H2,1-3H3. The first-order chi connectivity index (χ1) is 7.12. The Morgan fingerprint density at radius 2 is 2.00 bits per heavy atom. The third-order valence-corrected chi connectivity index (χ3v) is 5.13. The molecule has 1 heteroatoms. The summed E-state index contributed by atoms with van der Waals surface area (Å²) in [7, 11) is 0. The molecule has 0 aromatic heterocycles. The maximum Gasteiger partial charge on any atom is 0.00957 e. The van der Waals surface area contributed by atoms with Crippen molar-refractivity contribution in [3.63, 3.8) is 0 Å². The minimum Gasteiger partial charge on any atom is -0.314 e. The third kappa shape index (κ3) is 2.38. The zero-order valence-electron chi connectivity index (χ0n) is 10.7. The molecule has 1 aliphatic heterocycles. The molecule has 1 saturated heterocycles. The highest BCUT2D eigenvalue weighted by molar-refractivity contribution is 4.93. The van der Waals surface area contributed by atoms with E-state index in [4.69, 9.17) is 0 Å². The van der Waals surface area contributed by atoms with Crippen molar-refractivity contribution in [3.8, 4) is 0 Å². The van der Waals surface area contributed by atoms with Gasteiger partial charge in [-0.2, -0.15) is 0 Å². The van der Waals surface area contributed by atoms with E-state index in [1.54, 1.807) is 0 Å². The molecule has 0 aromatic rings. The Morgan fingerprint density at radius 3 is 2.73 bits per heavy atom. The Kier molecular flexibility index (Phi) is 3.39. The first-order valence-electron chi connectivity index (χ1n) is 6.85. The van der Waals surface area contributed by atoms with Crippen LogP contribution >= 0.6 is 0 Å². The van der Waals surface area contributed by atoms with E-state index in [1.807, 2.05) is 0 Å². The van der Waals surface area contributed by atoms with Crippen LogP contribution in [-0.4, -0.2) is 12.6 Å². The van der Waals surface area contributed by atoms with Crippen molar-refractivity contribution in [2.45, 2.75) is 65.3 Å². The number of hydrogen-bond acceptors (Lipinski definition) is 1. The monoisotopic (exact) mass is 209 g/mol. The van der Waals surface area contributed by atoms with E-state index in [9.17, 15) is 0 Å². The van der Waals surface area contributed by atoms with Crippen LogP contribution in [0.25, 0.3) is 0 Å². The number of hydrogen-bond donors (Lipinski definition) is 1. The van der Waals surface area contributed by atoms with Gasteiger partial charge in [0.1, 0.15) is 0 Å². The molecule has 1 N–H and O–H groups in total. The predicted octanol–water partition coefficient (Wildman–Crippen LogP) is 3.59. The molecule has 15 heavy (non-hydrogen) atoms. The molecule has 0 spiro atoms. The molecule has 1 saturated carbocycles. The van der Waals surface area contributed by atoms with Crippen LogP contribution in [0.4, 0.5) is 0 Å². The van der Waals surface area contributed by atoms with E-state index in [0.717, 1.165) is 17.9 Å². The van der Waals surface area contributed by atoms with E-state index >= 15 is 0 Å². The van der Waals surface area contributed by atoms with Crippen molar-refractivity contribution < 1.29 is 0 Å². The topological polar surface area (TPSA) is 12.0 Å². The average Bonchev–Trinajstić information content (AvgIpc) is 2.41. The van der Waals surface area contributed by atoms with Crippen LogP contribution in [-0.2, 0) is 0 Å². The second-order valence-corrected chi connectivity index (χ2v) is 6.37. The van der Waals surface area contributed by atoms with Gasteiger partial charge in [-0.3, -0.25) is 0 Å². The van der Waals surface area contributed by atoms with Gasteiger partial charge < -0.3 is 5.32 Å². The fraction of sp³-hybridized carbons (Fsp3) is 1.00. The number of nitrogens with one attached hydrogen (secondary N) is 1. The van der Waals surface area contributed by atoms with E-state index in [0.29, 0.717) is 5.41 Å². The molecule has 1 nitrogen and oxygen atoms in total. The molecule has 2 fully saturated rings. The normalized spacial score (nSPS) is 42.4. The molecule has 2 aliphatic rings. The Hall–Kier alpha value is -0.0400. The average molecular weight is 209 g/mol. The van der Waals surface area contributed by atoms with Gasteiger partial charge in [0.2, 0.25) is 0 Å². The van der Waals surface area contributed by atoms with E-state index < -0.39 is 0 Å². The second kappa shape index (κ2) is 4.45. The van der Waals surface area contributed by atoms with Gasteiger partial charge in [-0.15, -0.1) is 0 Å². The Labute approximate surface area is 95.0 Å². The Balaban J connectivity index is 2.03. The van der Waals surface area contributed by atoms with Crippen LogP contribution in [0.15, 0.2) is 0 Å². The molecule has 0 radical (unpaired) electrons. The fourth-order valence-electron chi connectivity index (χ4n) is 3.48. The summed E-state index contributed by atoms with van der Waals surface area (Å²) in [6.07, 6.45) is 8.62. The van der Waals surface area contributed by atoms with Gasteiger partial charge in [0, 0.05) is 6.04 Å². The molecule has 0 amide bonds. The summed E-state index contributed by atoms with van der Waals surface area (Å²) in [6, 6.07) is 0.847. The van der Waals surface area contributed by atoms with Crippen molar-refractivity contribution in [1.29, 1.82) is 0 Å². The van der Waals surface area contributed by atoms with Crippen molar-refractivity contribution in [1.82, 2.24) is 5.32 Å². The van der Waals surface area contributed by atoms with Gasteiger partial charge in [0.05, 0.1) is 0 Å². The lowest BCUT2D eigenvalue weighted by Gasteiger charge is -2.45. The molecule has 0 aromatic carbocycles. The van der Waals surface area contributed by atoms with Crippen molar-refractivity contribution >= 4 is 0 Å². The largest absolute Gasteiger partial charge is 0.314 e. The van der Waals surface area contributed by atoms with Gasteiger partial charge in [0.25, 0.3) is 0 Å². The minimum atomic E-state index is 0.618. The highest BCUT2D eigenvalue weighted by Gasteiger charge is 2.39. The summed E-state index contributed by atoms with van der Waals surface area (Å²) < 4.78 is 0. The summed E-state index contributed by atoms with van der Waals surface area (Å²) in [4.78, 5) is 0. The molecule has 2 rings (SSSR count). The van der Waals surface area contributed by atoms with E-state index in [2.05, 4.69) is 26.1 Å². The highest BCUT2D eigenvalue weighted by atomic mass is 14.9. The SMILES string of the molecule is CC(C)C1(C)CCC2NCCCCC2C1. The second-order valence-electron chi connectivity index (χ2n) is 6.37. The Morgan fingerprint density at radius 1 is 1.20 bits per heavy atom. The lowest BCUT2D eigenvalue weighted by atomic mass is 9.63. The van der Waals surface area contributed by atoms with E-state index in [-0.39, 0.29) is 0 Å². The summed E-state index contributed by atoms with van der Waals surface area (Å²) in [5, 5.41) is 3.76. The van der Waals surface area contributed by atoms with E-state index in [1.165, 1.54) is 45.1 Å². The van der Waals surface area contributed by atoms with Crippen LogP contribution in [0, 0.1) is 17.3 Å². The van der Waals surface area contributed by atoms with Crippen molar-refractivity contribution in [2.24, 2.45) is 17.3 Å². The molecule has 3 unspecified atom stereocenters. The summed E-state index contributed by atoms with van der Waals surface area (Å²) in [5.41, 5.74) is 0.618. The highest BCUT2D eigenvalue weighted by Crippen LogP contribution is 2.46. The van der Waals surface area contributed by atoms with Crippen LogP contribution < -0.4 is 5.32 Å². The van der Waals surface area contributed by atoms with Crippen LogP contribution in [0.5, 0.6) is 0 Å². The van der Waals surface area contributed by atoms with Crippen LogP contribution in [0.1, 0.15) is 59.3 Å². The maximum absolute atomic E-state index is 3.76. The summed E-state index contributed by atoms with van der Waals surface area (Å²) in [5.74, 6) is 1.82. The van der Waals surface area contributed by atoms with Crippen molar-refractivity contribution in [3.05, 3.63) is 0 Å². The quantitative estimate of drug-likeness (QED) is 0.696. The first-order valence-corrected chi connectivity index (χ1v) is 6.85. The molecule has 1 heterocycles. The zero-order valence-corrected chi connectivity index (χ0v) is 10.7. The lowest BCUT2D eigenvalue weighted by molar-refractivity contribution is 0.0768. The number of rotatable bonds is 1. The third-order valence-electron chi connectivity index (χ3n) is 5.13. The maximum atomic E-state index is 3.76. The Bertz CT molecular complexity index is 211. The number of fused-ring (bicyclic) bond motifs is 1. The molecular formula is C14H27N. The molecule has 88 valence electrons. The molecule has 3 atom stereocenters. The molecule has 0 bridgehead atoms. The van der Waals surface area contributed by atoms with Gasteiger partial charge >= 0.3 is 0 Å². The van der Waals surface area contributed by atoms with Gasteiger partial charge in [-0.05, 0) is 55.9 Å². The van der Waals surface area contributed by atoms with Gasteiger partial charge in [0.15, 0.2) is 0 Å². The van der Waals surface area contributed by atoms with Crippen molar-refractivity contribution in [2.75, 3.05) is 6.54 Å². The zero-order chi connectivity index (χ0) is 10.9. The fourth-order valence-corrected chi connectivity index (χ4v) is 3.48. The lowest BCUT2D eigenvalue weighted by Crippen LogP contribution is -2.44. The van der Waals surface area contributed by atoms with Crippen LogP contribution in [0.3, 0.4) is 0 Å². The van der Waals surface area contributed by atoms with Gasteiger partial charge in [-0.25, -0.2) is 0 Å². The summed E-state index contributed by atoms with van der Waals surface area (Å²) >= 11 is 0. The smallest absolute Gasteiger partial charge is 0.00957 e. The van der Waals surface area contributed by atoms with Crippen LogP contribution in [0.2, 0.25) is 0 Å². The van der Waals surface area contributed by atoms with Gasteiger partial charge in [-0.1, -0.05) is 27.2 Å². The first kappa shape index (κ1) is 11.4.